The van der Waals surface area contributed by atoms with Gasteiger partial charge in [-0.1, -0.05) is 80.1 Å². The average Bonchev–Trinajstić information content (AvgIpc) is 1.86. The molecular weight excluding hydrogens is 2170 g/mol. The molecule has 3 atom stereocenters. The Labute approximate surface area is 794 Å². The van der Waals surface area contributed by atoms with E-state index in [2.05, 4.69) is 98.6 Å². The number of nitrogens with one attached hydrogen (secondary N) is 3. The highest BCUT2D eigenvalue weighted by atomic mass is 19.4. The van der Waals surface area contributed by atoms with Crippen molar-refractivity contribution in [2.75, 3.05) is 183 Å². The third-order valence-corrected chi connectivity index (χ3v) is 9.84. The number of methoxy groups -OCH3 is 2. The molecule has 0 spiro atoms. The van der Waals surface area contributed by atoms with Gasteiger partial charge in [0, 0.05) is 47.2 Å². The number of unbranched alkanes of at least 4 members (excludes halogenated alkanes) is 1. The maximum atomic E-state index is 13.3. The molecule has 2 fully saturated rings. The first kappa shape index (κ1) is 183. The minimum Gasteiger partial charge on any atom is -0.450 e. The molecule has 2 saturated heterocycles. The van der Waals surface area contributed by atoms with Gasteiger partial charge in [-0.2, -0.15) is 120 Å². The molecule has 144 heavy (non-hydrogen) atoms. The van der Waals surface area contributed by atoms with Gasteiger partial charge in [-0.3, -0.25) is 61.8 Å². The van der Waals surface area contributed by atoms with Crippen LogP contribution in [-0.4, -0.2) is 320 Å². The van der Waals surface area contributed by atoms with E-state index in [1.807, 2.05) is 24.1 Å². The van der Waals surface area contributed by atoms with E-state index in [4.69, 9.17) is 40.2 Å². The first-order valence-electron chi connectivity index (χ1n) is 37.6. The first-order chi connectivity index (χ1) is 65.1. The molecule has 29 nitrogen and oxygen atoms in total. The van der Waals surface area contributed by atoms with Crippen LogP contribution in [0.2, 0.25) is 0 Å². The van der Waals surface area contributed by atoms with Crippen LogP contribution in [0.5, 0.6) is 0 Å². The maximum absolute atomic E-state index is 13.3. The van der Waals surface area contributed by atoms with Crippen LogP contribution in [0.4, 0.5) is 212 Å². The Morgan fingerprint density at radius 3 is 1.06 bits per heavy atom. The lowest BCUT2D eigenvalue weighted by Crippen LogP contribution is -2.43. The summed E-state index contributed by atoms with van der Waals surface area (Å²) in [4.78, 5) is 57.8. The normalized spacial score (nSPS) is 13.1. The summed E-state index contributed by atoms with van der Waals surface area (Å²) in [6.07, 6.45) is -46.0. The largest absolute Gasteiger partial charge is 0.524 e. The summed E-state index contributed by atoms with van der Waals surface area (Å²) in [5.41, 5.74) is 3.84. The second-order valence-corrected chi connectivity index (χ2v) is 22.5. The average molecular weight is 2290 g/mol. The third kappa shape index (κ3) is 216. The second kappa shape index (κ2) is 114. The number of hydrogen-bond acceptors (Lipinski definition) is 26. The van der Waals surface area contributed by atoms with Gasteiger partial charge in [-0.05, 0) is 59.5 Å². The number of nitrogens with two attached hydrogens (primary N) is 1. The number of aliphatic hydroxyl groups excluding tert-OH is 1. The van der Waals surface area contributed by atoms with E-state index in [9.17, 15) is 221 Å². The summed E-state index contributed by atoms with van der Waals surface area (Å²) in [7, 11) is 3.30. The summed E-state index contributed by atoms with van der Waals surface area (Å²) in [6, 6.07) is -1.33. The van der Waals surface area contributed by atoms with Crippen LogP contribution in [0.25, 0.3) is 0 Å². The summed E-state index contributed by atoms with van der Waals surface area (Å²) in [5.74, 6) is -5.79. The summed E-state index contributed by atoms with van der Waals surface area (Å²) in [6.45, 7) is -2.36. The maximum Gasteiger partial charge on any atom is 0.524 e. The van der Waals surface area contributed by atoms with Crippen molar-refractivity contribution in [2.24, 2.45) is 5.73 Å². The zero-order chi connectivity index (χ0) is 118. The fourth-order valence-corrected chi connectivity index (χ4v) is 4.08. The van der Waals surface area contributed by atoms with Crippen molar-refractivity contribution in [3.8, 4) is 0 Å². The van der Waals surface area contributed by atoms with E-state index in [1.165, 1.54) is 19.3 Å². The topological polar surface area (TPSA) is 364 Å². The van der Waals surface area contributed by atoms with Crippen molar-refractivity contribution in [3.05, 3.63) is 0 Å². The van der Waals surface area contributed by atoms with Gasteiger partial charge in [0.1, 0.15) is 32.2 Å². The lowest BCUT2D eigenvalue weighted by molar-refractivity contribution is -0.458. The molecule has 0 aromatic carbocycles. The van der Waals surface area contributed by atoms with Crippen LogP contribution in [0.3, 0.4) is 0 Å². The highest BCUT2D eigenvalue weighted by molar-refractivity contribution is 5.83. The van der Waals surface area contributed by atoms with Gasteiger partial charge in [-0.25, -0.2) is 59.0 Å². The van der Waals surface area contributed by atoms with E-state index in [0.29, 0.717) is 67.2 Å². The molecule has 8 N–H and O–H groups in total. The van der Waals surface area contributed by atoms with E-state index in [0.717, 1.165) is 33.5 Å². The minimum atomic E-state index is -4.82. The molecule has 0 radical (unpaired) electrons. The Hall–Kier alpha value is -6.25. The summed E-state index contributed by atoms with van der Waals surface area (Å²) >= 11 is 0. The molecule has 2 heterocycles. The number of aliphatic hydroxyl groups is 2. The molecule has 2 aliphatic rings. The molecule has 0 aliphatic carbocycles. The Morgan fingerprint density at radius 1 is 0.458 bits per heavy atom. The second-order valence-electron chi connectivity index (χ2n) is 22.5. The summed E-state index contributed by atoms with van der Waals surface area (Å²) in [5, 5.41) is 29.2. The van der Waals surface area contributed by atoms with Crippen LogP contribution in [-0.2, 0) is 101 Å². The number of epoxide rings is 2. The first-order valence-corrected chi connectivity index (χ1v) is 37.6. The predicted molar refractivity (Wildman–Crippen MR) is 405 cm³/mol. The van der Waals surface area contributed by atoms with Crippen LogP contribution < -0.4 is 21.7 Å². The number of carbonyl (C=O) groups is 4. The molecule has 2 aliphatic heterocycles. The molecule has 0 aromatic rings. The summed E-state index contributed by atoms with van der Waals surface area (Å²) < 4.78 is 563. The van der Waals surface area contributed by atoms with Crippen LogP contribution >= 0.6 is 0 Å². The van der Waals surface area contributed by atoms with E-state index < -0.39 is 204 Å². The predicted octanol–water partition coefficient (Wildman–Crippen LogP) is 22.6. The Bertz CT molecular complexity index is 2510. The highest BCUT2D eigenvalue weighted by Gasteiger charge is 2.42. The van der Waals surface area contributed by atoms with Crippen molar-refractivity contribution in [1.29, 1.82) is 0 Å². The standard InChI is InChI=1S/C8H15FO2.C7H14F2N2O2.C7H13F2NO.C6H10F4O4.C5H11NO3.C4H5F5O3.C4H8O.C4H10.C3H4F4.C3H5F3O3.2C2H2F4O.2C2H2F4.C2H3F3O2.C2H3FO.CH2F2O.CH2F2.2CH3F.CH4/c1-3-4-8(2,9)6-11-7-5-10-7;1-2-5-13-7(8,9)6(12)11-4-3-10;1-3-5-7(8,9)6(11)10-4-2;1-11-5(7,8)3-13-6(9,10)4-14-12-2;1-2-3-9-5(8)6-4-7;5-2-12-3(6,7)1-11-4(8,9)10;1-2-4-3-5-4;1-3-4-2;4-2-1-3(5,6)7;4-2-8-3(5,6)1-9-7;3-1-7-2(4,5)6;3-2(4,5)1-7-6;2*3-1-2(4,5)6;1-6-2(3,4)7-5;1-2(3)4;2-1-4-3;2-1-3;2*1-2;/h7H,3-6H2,1-2H3;2-5,10H2,1H3,(H,11,12);3-5H2,1-2H3,(H,10,11);3-4H2,1-2H3;7H,2-4H2,1H3,(H,6,8);10H,1-2H2;4H,2-3H2,1H3;3-4H2,1-2H3;1-2H2;7H,1-2H2;2*1H2;2*1H2;1H3;1H3;1H2;1H2;2*1H3;1H4. The van der Waals surface area contributed by atoms with Gasteiger partial charge < -0.3 is 59.7 Å². The quantitative estimate of drug-likeness (QED) is 0.00745. The van der Waals surface area contributed by atoms with Gasteiger partial charge in [0.25, 0.3) is 11.9 Å². The Kier molecular flexibility index (Phi) is 144. The lowest BCUT2D eigenvalue weighted by Gasteiger charge is -2.19. The number of rotatable bonds is 42. The number of ether oxygens (including phenoxy) is 12. The molecule has 0 aromatic heterocycles. The number of hydrogen-bond donors (Lipinski definition) is 7. The molecule has 0 bridgehead atoms. The molecular formula is C68H123F47N4O25. The fourth-order valence-electron chi connectivity index (χ4n) is 4.08. The number of carbonyl (C=O) groups excluding carboxylic acids is 4. The molecule has 76 heteroatoms. The smallest absolute Gasteiger partial charge is 0.450 e. The highest BCUT2D eigenvalue weighted by Crippen LogP contribution is 2.27. The number of amides is 3. The van der Waals surface area contributed by atoms with Gasteiger partial charge in [0.15, 0.2) is 60.0 Å². The number of halogens is 47. The Morgan fingerprint density at radius 2 is 0.847 bits per heavy atom. The molecule has 2 rings (SSSR count). The van der Waals surface area contributed by atoms with Crippen molar-refractivity contribution < 1.29 is 328 Å². The monoisotopic (exact) mass is 2290 g/mol. The van der Waals surface area contributed by atoms with Crippen LogP contribution in [0.15, 0.2) is 0 Å². The van der Waals surface area contributed by atoms with Crippen molar-refractivity contribution in [3.63, 3.8) is 0 Å². The molecule has 3 unspecified atom stereocenters. The molecule has 3 amide bonds. The van der Waals surface area contributed by atoms with E-state index in [1.54, 1.807) is 27.7 Å². The SMILES string of the molecule is C.CC(=O)F.CCC1CO1.CCCC.CCCC(C)(F)COC1CO1.CCCC(F)(F)C(=O)NCC.CCCOC(=O)NCO.CCCOC(F)(F)C(=O)NCCN.CF.CF.COC(F)(F)OF.COOCC(F)(F)OCC(F)(F)OC.FCC(F)(F)F.FCC(F)(F)F.FCCC(F)(F)F.FCF.FCOC(F)(F)F.FCOF.FOCC(F)(F)F.OC(F)(F)OCC(F)(F)OCF.OOCC(F)(F)OCF. The van der Waals surface area contributed by atoms with E-state index >= 15 is 0 Å². The van der Waals surface area contributed by atoms with Gasteiger partial charge in [0.05, 0.1) is 67.1 Å². The van der Waals surface area contributed by atoms with E-state index in [-0.39, 0.29) is 59.7 Å². The van der Waals surface area contributed by atoms with Gasteiger partial charge >= 0.3 is 92.1 Å². The van der Waals surface area contributed by atoms with Crippen LogP contribution in [0.1, 0.15) is 141 Å². The Balaban J connectivity index is -0.0000000682. The zero-order valence-corrected chi connectivity index (χ0v) is 77.9. The number of alkyl halides is 43. The zero-order valence-electron chi connectivity index (χ0n) is 77.9. The third-order valence-electron chi connectivity index (χ3n) is 9.84. The van der Waals surface area contributed by atoms with Crippen molar-refractivity contribution >= 4 is 23.9 Å². The van der Waals surface area contributed by atoms with Crippen molar-refractivity contribution in [2.45, 2.75) is 239 Å². The lowest BCUT2D eigenvalue weighted by atomic mass is 10.0. The van der Waals surface area contributed by atoms with Gasteiger partial charge in [0.2, 0.25) is 13.8 Å². The molecule has 894 valence electrons. The van der Waals surface area contributed by atoms with Gasteiger partial charge in [-0.15, -0.1) is 30.7 Å². The number of alkyl carbamates (subject to hydrolysis) is 1. The minimum absolute atomic E-state index is 0. The van der Waals surface area contributed by atoms with Crippen LogP contribution in [0, 0.1) is 0 Å². The molecule has 0 saturated carbocycles. The van der Waals surface area contributed by atoms with Crippen molar-refractivity contribution in [1.82, 2.24) is 16.0 Å². The fraction of sp³-hybridized carbons (Fsp3) is 0.941.